The van der Waals surface area contributed by atoms with Crippen molar-refractivity contribution in [1.82, 2.24) is 0 Å². The molecule has 0 aliphatic rings. The third kappa shape index (κ3) is 66.4. The largest absolute Gasteiger partial charge is 0.462 e. The first-order valence-electron chi connectivity index (χ1n) is 36.0. The molecule has 470 valence electrons. The predicted molar refractivity (Wildman–Crippen MR) is 349 cm³/mol. The summed E-state index contributed by atoms with van der Waals surface area (Å²) in [6.07, 6.45) is 86.1. The van der Waals surface area contributed by atoms with Gasteiger partial charge in [0, 0.05) is 19.3 Å². The Kier molecular flexibility index (Phi) is 67.1. The van der Waals surface area contributed by atoms with E-state index in [9.17, 15) is 14.4 Å². The van der Waals surface area contributed by atoms with Crippen LogP contribution in [0.15, 0.2) is 36.5 Å². The Bertz CT molecular complexity index is 1340. The number of unbranched alkanes of at least 4 members (excludes halogenated alkanes) is 50. The minimum absolute atomic E-state index is 0.0736. The van der Waals surface area contributed by atoms with Crippen LogP contribution >= 0.6 is 0 Å². The van der Waals surface area contributed by atoms with Crippen molar-refractivity contribution in [2.45, 2.75) is 406 Å². The average Bonchev–Trinajstić information content (AvgIpc) is 3.46. The highest BCUT2D eigenvalue weighted by molar-refractivity contribution is 5.71. The van der Waals surface area contributed by atoms with Crippen molar-refractivity contribution in [2.75, 3.05) is 13.2 Å². The van der Waals surface area contributed by atoms with Crippen molar-refractivity contribution in [3.05, 3.63) is 36.5 Å². The lowest BCUT2D eigenvalue weighted by Gasteiger charge is -2.18. The van der Waals surface area contributed by atoms with Gasteiger partial charge in [0.15, 0.2) is 6.10 Å². The minimum atomic E-state index is -0.779. The van der Waals surface area contributed by atoms with Gasteiger partial charge in [-0.15, -0.1) is 0 Å². The van der Waals surface area contributed by atoms with E-state index in [1.165, 1.54) is 283 Å². The first-order valence-corrected chi connectivity index (χ1v) is 36.0. The van der Waals surface area contributed by atoms with E-state index in [4.69, 9.17) is 14.2 Å². The van der Waals surface area contributed by atoms with Crippen LogP contribution in [0.25, 0.3) is 0 Å². The Labute approximate surface area is 499 Å². The van der Waals surface area contributed by atoms with Crippen molar-refractivity contribution >= 4 is 17.9 Å². The lowest BCUT2D eigenvalue weighted by Crippen LogP contribution is -2.30. The predicted octanol–water partition coefficient (Wildman–Crippen LogP) is 24.7. The number of ether oxygens (including phenoxy) is 3. The fourth-order valence-corrected chi connectivity index (χ4v) is 10.9. The van der Waals surface area contributed by atoms with Gasteiger partial charge in [-0.3, -0.25) is 14.4 Å². The van der Waals surface area contributed by atoms with Crippen molar-refractivity contribution in [2.24, 2.45) is 0 Å². The summed E-state index contributed by atoms with van der Waals surface area (Å²) in [5.74, 6) is -0.862. The van der Waals surface area contributed by atoms with E-state index in [0.717, 1.165) is 77.0 Å². The molecule has 0 fully saturated rings. The molecular formula is C74H138O6. The zero-order valence-corrected chi connectivity index (χ0v) is 54.1. The second-order valence-corrected chi connectivity index (χ2v) is 24.5. The number of hydrogen-bond acceptors (Lipinski definition) is 6. The van der Waals surface area contributed by atoms with Crippen LogP contribution in [0, 0.1) is 0 Å². The average molecular weight is 1120 g/mol. The number of carbonyl (C=O) groups is 3. The molecule has 0 rings (SSSR count). The first kappa shape index (κ1) is 77.6. The molecule has 6 heteroatoms. The minimum Gasteiger partial charge on any atom is -0.462 e. The first-order chi connectivity index (χ1) is 39.5. The van der Waals surface area contributed by atoms with Gasteiger partial charge in [0.1, 0.15) is 13.2 Å². The summed E-state index contributed by atoms with van der Waals surface area (Å²) in [4.78, 5) is 38.4. The molecule has 0 aliphatic heterocycles. The van der Waals surface area contributed by atoms with E-state index in [0.29, 0.717) is 19.3 Å². The normalized spacial score (nSPS) is 12.2. The van der Waals surface area contributed by atoms with Gasteiger partial charge < -0.3 is 14.2 Å². The van der Waals surface area contributed by atoms with Gasteiger partial charge in [-0.25, -0.2) is 0 Å². The van der Waals surface area contributed by atoms with Gasteiger partial charge in [-0.1, -0.05) is 340 Å². The molecule has 6 nitrogen and oxygen atoms in total. The molecule has 0 N–H and O–H groups in total. The second kappa shape index (κ2) is 69.1. The summed E-state index contributed by atoms with van der Waals surface area (Å²) in [6, 6.07) is 0. The van der Waals surface area contributed by atoms with Crippen molar-refractivity contribution < 1.29 is 28.6 Å². The van der Waals surface area contributed by atoms with E-state index in [-0.39, 0.29) is 31.1 Å². The fourth-order valence-electron chi connectivity index (χ4n) is 10.9. The SMILES string of the molecule is CCCCC/C=C\C/C=C\CCCCCCCCCC(=O)OC(COC(=O)CCCCCCC/C=C\CCCCCCCCC)COC(=O)CCCCCCCCCCCCCCCCCCCCCCCCCCCCCCC. The molecule has 0 saturated heterocycles. The summed E-state index contributed by atoms with van der Waals surface area (Å²) in [5, 5.41) is 0. The van der Waals surface area contributed by atoms with Crippen molar-refractivity contribution in [1.29, 1.82) is 0 Å². The summed E-state index contributed by atoms with van der Waals surface area (Å²) < 4.78 is 17.0. The maximum atomic E-state index is 12.9. The topological polar surface area (TPSA) is 78.9 Å². The Hall–Kier alpha value is -2.37. The number of hydrogen-bond donors (Lipinski definition) is 0. The van der Waals surface area contributed by atoms with Crippen LogP contribution in [0.4, 0.5) is 0 Å². The molecule has 1 atom stereocenters. The smallest absolute Gasteiger partial charge is 0.306 e. The highest BCUT2D eigenvalue weighted by Crippen LogP contribution is 2.19. The number of rotatable bonds is 67. The molecule has 0 aliphatic carbocycles. The zero-order chi connectivity index (χ0) is 57.8. The maximum Gasteiger partial charge on any atom is 0.306 e. The summed E-state index contributed by atoms with van der Waals surface area (Å²) in [6.45, 7) is 6.67. The quantitative estimate of drug-likeness (QED) is 0.0261. The van der Waals surface area contributed by atoms with Crippen LogP contribution in [0.2, 0.25) is 0 Å². The monoisotopic (exact) mass is 1120 g/mol. The van der Waals surface area contributed by atoms with Gasteiger partial charge in [0.2, 0.25) is 0 Å². The summed E-state index contributed by atoms with van der Waals surface area (Å²) in [7, 11) is 0. The van der Waals surface area contributed by atoms with Crippen LogP contribution in [-0.4, -0.2) is 37.2 Å². The Morgan fingerprint density at radius 3 is 0.725 bits per heavy atom. The Morgan fingerprint density at radius 2 is 0.450 bits per heavy atom. The van der Waals surface area contributed by atoms with Crippen LogP contribution in [0.1, 0.15) is 400 Å². The maximum absolute atomic E-state index is 12.9. The van der Waals surface area contributed by atoms with Crippen LogP contribution in [-0.2, 0) is 28.6 Å². The third-order valence-electron chi connectivity index (χ3n) is 16.4. The van der Waals surface area contributed by atoms with Crippen LogP contribution in [0.5, 0.6) is 0 Å². The molecule has 0 heterocycles. The highest BCUT2D eigenvalue weighted by Gasteiger charge is 2.19. The fraction of sp³-hybridized carbons (Fsp3) is 0.878. The molecule has 80 heavy (non-hydrogen) atoms. The van der Waals surface area contributed by atoms with E-state index in [1.54, 1.807) is 0 Å². The Morgan fingerprint density at radius 1 is 0.250 bits per heavy atom. The molecule has 0 aromatic heterocycles. The number of allylic oxidation sites excluding steroid dienone is 6. The summed E-state index contributed by atoms with van der Waals surface area (Å²) in [5.41, 5.74) is 0. The molecule has 0 radical (unpaired) electrons. The molecular weight excluding hydrogens is 985 g/mol. The molecule has 0 amide bonds. The lowest BCUT2D eigenvalue weighted by atomic mass is 10.0. The summed E-state index contributed by atoms with van der Waals surface area (Å²) >= 11 is 0. The standard InChI is InChI=1S/C74H138O6/c1-4-7-10-13-16-19-22-25-28-31-32-33-34-35-36-37-38-39-40-41-42-44-46-49-52-55-58-61-64-67-73(76)79-70-71(69-78-72(75)66-63-60-57-54-51-48-45-30-27-24-21-18-15-12-9-6-3)80-74(77)68-65-62-59-56-53-50-47-43-29-26-23-20-17-14-11-8-5-2/h17,20,26,29-30,45,71H,4-16,18-19,21-25,27-28,31-44,46-70H2,1-3H3/b20-17-,29-26-,45-30-. The van der Waals surface area contributed by atoms with E-state index in [2.05, 4.69) is 57.2 Å². The molecule has 0 aromatic rings. The van der Waals surface area contributed by atoms with Gasteiger partial charge in [0.25, 0.3) is 0 Å². The second-order valence-electron chi connectivity index (χ2n) is 24.5. The molecule has 1 unspecified atom stereocenters. The van der Waals surface area contributed by atoms with E-state index < -0.39 is 6.10 Å². The van der Waals surface area contributed by atoms with Gasteiger partial charge in [-0.05, 0) is 77.0 Å². The van der Waals surface area contributed by atoms with Crippen LogP contribution in [0.3, 0.4) is 0 Å². The van der Waals surface area contributed by atoms with Gasteiger partial charge in [0.05, 0.1) is 0 Å². The van der Waals surface area contributed by atoms with Gasteiger partial charge in [-0.2, -0.15) is 0 Å². The molecule has 0 spiro atoms. The van der Waals surface area contributed by atoms with Crippen molar-refractivity contribution in [3.8, 4) is 0 Å². The Balaban J connectivity index is 4.21. The van der Waals surface area contributed by atoms with Crippen molar-refractivity contribution in [3.63, 3.8) is 0 Å². The number of esters is 3. The molecule has 0 aromatic carbocycles. The van der Waals surface area contributed by atoms with E-state index >= 15 is 0 Å². The van der Waals surface area contributed by atoms with Gasteiger partial charge >= 0.3 is 17.9 Å². The third-order valence-corrected chi connectivity index (χ3v) is 16.4. The number of carbonyl (C=O) groups excluding carboxylic acids is 3. The highest BCUT2D eigenvalue weighted by atomic mass is 16.6. The molecule has 0 bridgehead atoms. The molecule has 0 saturated carbocycles. The zero-order valence-electron chi connectivity index (χ0n) is 54.1. The van der Waals surface area contributed by atoms with E-state index in [1.807, 2.05) is 0 Å². The van der Waals surface area contributed by atoms with Crippen LogP contribution < -0.4 is 0 Å². The lowest BCUT2D eigenvalue weighted by molar-refractivity contribution is -0.167.